The minimum Gasteiger partial charge on any atom is -0.481 e. The zero-order chi connectivity index (χ0) is 55.7. The normalized spacial score (nSPS) is 37.9. The SMILES string of the molecule is C/C1=C\C=C/[C@@H](C)[C@@H]([C@H](C)CCC/C=C/CCCNC(N)=O)OC(=O)/C=C/C=C/[C@H](C)[C@@H](O)C[C@H](O)[C@@H](C)[C@@H](O)CC[C@H](C)[C@H](O)C[C@@]2(O)O[C@H](C[C@@H](OC(=O)CC(=O)O)C[C@@H](O)C[C@@H](O)C[C@H]1O)C[C@@H](O)[C@@H]2O. The van der Waals surface area contributed by atoms with Crippen LogP contribution in [0.2, 0.25) is 0 Å². The van der Waals surface area contributed by atoms with Crippen LogP contribution in [0.15, 0.2) is 60.3 Å². The number of hydrogen-bond donors (Lipinski definition) is 13. The highest BCUT2D eigenvalue weighted by Gasteiger charge is 2.50. The lowest BCUT2D eigenvalue weighted by Gasteiger charge is -2.45. The smallest absolute Gasteiger partial charge is 0.331 e. The number of cyclic esters (lactones) is 1. The van der Waals surface area contributed by atoms with Gasteiger partial charge in [0.05, 0.1) is 54.9 Å². The second kappa shape index (κ2) is 33.9. The number of esters is 2. The minimum absolute atomic E-state index is 0.0805. The Morgan fingerprint density at radius 3 is 2.11 bits per heavy atom. The number of allylic oxidation sites excluding steroid dienone is 6. The highest BCUT2D eigenvalue weighted by Crippen LogP contribution is 2.36. The molecule has 20 heteroatoms. The molecule has 0 radical (unpaired) electrons. The summed E-state index contributed by atoms with van der Waals surface area (Å²) in [7, 11) is 0. The Bertz CT molecular complexity index is 1840. The molecule has 0 aromatic heterocycles. The number of carboxylic acid groups (broad SMARTS) is 1. The van der Waals surface area contributed by atoms with Crippen molar-refractivity contribution in [3.63, 3.8) is 0 Å². The van der Waals surface area contributed by atoms with Crippen molar-refractivity contribution < 1.29 is 89.6 Å². The fourth-order valence-electron chi connectivity index (χ4n) is 9.24. The fraction of sp³-hybridized carbons (Fsp3) is 0.741. The molecular formula is C54H90N2O18. The lowest BCUT2D eigenvalue weighted by atomic mass is 9.84. The highest BCUT2D eigenvalue weighted by molar-refractivity contribution is 5.90. The maximum absolute atomic E-state index is 13.2. The molecule has 18 atom stereocenters. The van der Waals surface area contributed by atoms with Crippen molar-refractivity contribution >= 4 is 23.9 Å². The maximum Gasteiger partial charge on any atom is 0.331 e. The Labute approximate surface area is 436 Å². The molecule has 2 rings (SSSR count). The number of amides is 2. The van der Waals surface area contributed by atoms with Crippen LogP contribution in [0.4, 0.5) is 4.79 Å². The summed E-state index contributed by atoms with van der Waals surface area (Å²) in [5, 5.41) is 122. The topological polar surface area (TPSA) is 357 Å². The molecule has 2 bridgehead atoms. The summed E-state index contributed by atoms with van der Waals surface area (Å²) in [4.78, 5) is 48.0. The van der Waals surface area contributed by atoms with Gasteiger partial charge in [-0.2, -0.15) is 0 Å². The summed E-state index contributed by atoms with van der Waals surface area (Å²) in [5.74, 6) is -7.93. The van der Waals surface area contributed by atoms with E-state index < -0.39 is 134 Å². The Morgan fingerprint density at radius 2 is 1.45 bits per heavy atom. The van der Waals surface area contributed by atoms with Crippen LogP contribution in [-0.4, -0.2) is 166 Å². The number of unbranched alkanes of at least 4 members (excludes halogenated alkanes) is 2. The summed E-state index contributed by atoms with van der Waals surface area (Å²) in [6.45, 7) is 11.0. The van der Waals surface area contributed by atoms with Crippen LogP contribution in [-0.2, 0) is 28.6 Å². The van der Waals surface area contributed by atoms with Crippen molar-refractivity contribution in [2.24, 2.45) is 35.3 Å². The molecular weight excluding hydrogens is 965 g/mol. The number of nitrogens with one attached hydrogen (secondary N) is 1. The van der Waals surface area contributed by atoms with E-state index in [9.17, 15) is 75.3 Å². The third kappa shape index (κ3) is 25.2. The first kappa shape index (κ1) is 66.1. The van der Waals surface area contributed by atoms with Gasteiger partial charge < -0.3 is 81.4 Å². The third-order valence-electron chi connectivity index (χ3n) is 14.2. The van der Waals surface area contributed by atoms with E-state index >= 15 is 0 Å². The van der Waals surface area contributed by atoms with Crippen molar-refractivity contribution in [2.75, 3.05) is 6.54 Å². The molecule has 0 spiro atoms. The van der Waals surface area contributed by atoms with Crippen LogP contribution in [0.5, 0.6) is 0 Å². The monoisotopic (exact) mass is 1050 g/mol. The van der Waals surface area contributed by atoms with Crippen molar-refractivity contribution in [1.29, 1.82) is 0 Å². The largest absolute Gasteiger partial charge is 0.481 e. The van der Waals surface area contributed by atoms with Gasteiger partial charge in [0.15, 0.2) is 5.79 Å². The Kier molecular flexibility index (Phi) is 30.2. The first-order valence-electron chi connectivity index (χ1n) is 26.2. The Morgan fingerprint density at radius 1 is 0.797 bits per heavy atom. The first-order chi connectivity index (χ1) is 34.7. The molecule has 2 heterocycles. The molecule has 14 N–H and O–H groups in total. The zero-order valence-corrected chi connectivity index (χ0v) is 44.2. The molecule has 0 aromatic rings. The number of carbonyl (C=O) groups excluding carboxylic acids is 3. The molecule has 0 saturated carbocycles. The summed E-state index contributed by atoms with van der Waals surface area (Å²) in [5.41, 5.74) is 5.58. The van der Waals surface area contributed by atoms with E-state index in [2.05, 4.69) is 11.4 Å². The molecule has 2 aliphatic heterocycles. The number of rotatable bonds is 12. The highest BCUT2D eigenvalue weighted by atomic mass is 16.7. The Hall–Kier alpha value is -4.06. The predicted molar refractivity (Wildman–Crippen MR) is 274 cm³/mol. The van der Waals surface area contributed by atoms with Crippen LogP contribution < -0.4 is 11.1 Å². The van der Waals surface area contributed by atoms with Gasteiger partial charge in [-0.05, 0) is 75.7 Å². The van der Waals surface area contributed by atoms with Gasteiger partial charge in [0.2, 0.25) is 0 Å². The first-order valence-corrected chi connectivity index (χ1v) is 26.2. The van der Waals surface area contributed by atoms with Gasteiger partial charge in [-0.3, -0.25) is 9.59 Å². The summed E-state index contributed by atoms with van der Waals surface area (Å²) < 4.78 is 17.3. The second-order valence-electron chi connectivity index (χ2n) is 20.9. The van der Waals surface area contributed by atoms with Crippen molar-refractivity contribution in [2.45, 2.75) is 217 Å². The molecule has 1 saturated heterocycles. The van der Waals surface area contributed by atoms with Crippen molar-refractivity contribution in [3.05, 3.63) is 60.3 Å². The number of aliphatic carboxylic acids is 1. The van der Waals surface area contributed by atoms with Crippen LogP contribution in [0.25, 0.3) is 0 Å². The Balaban J connectivity index is 2.41. The van der Waals surface area contributed by atoms with Gasteiger partial charge in [-0.25, -0.2) is 9.59 Å². The van der Waals surface area contributed by atoms with E-state index in [0.717, 1.165) is 32.1 Å². The van der Waals surface area contributed by atoms with Gasteiger partial charge >= 0.3 is 23.9 Å². The van der Waals surface area contributed by atoms with E-state index in [1.54, 1.807) is 52.0 Å². The second-order valence-corrected chi connectivity index (χ2v) is 20.9. The van der Waals surface area contributed by atoms with Crippen molar-refractivity contribution in [3.8, 4) is 0 Å². The summed E-state index contributed by atoms with van der Waals surface area (Å²) in [6, 6.07) is -0.563. The molecule has 1 fully saturated rings. The third-order valence-corrected chi connectivity index (χ3v) is 14.2. The van der Waals surface area contributed by atoms with Gasteiger partial charge in [0.25, 0.3) is 0 Å². The standard InChI is InChI=1S/C54H90N2O18/c1-32-16-12-13-20-49(67)73-51(35(4)17-11-9-7-8-10-14-23-56-53(55)70)36(5)19-15-18-33(2)43(60)26-39(58)24-38(57)25-40(72-50(68)30-48(65)66)27-41-28-46(63)52(69)54(71,74-41)31-47(64)34(3)21-22-42(59)37(6)45(62)29-44(32)61/h7-8,12-13,15-16,18-20,32,34-47,51-52,57-64,69,71H,9-11,14,17,21-31H2,1-6H3,(H,65,66)(H3,55,56,70)/b8-7+,16-12+,19-15-,20-13+,33-18+/t32-,34-,35+,36+,37-,38-,39+,40-,41+,42-,43+,44-,45-,46+,47+,51+,52-,54+/m0/s1. The van der Waals surface area contributed by atoms with E-state index in [-0.39, 0.29) is 63.2 Å². The number of ether oxygens (including phenoxy) is 3. The molecule has 20 nitrogen and oxygen atoms in total. The van der Waals surface area contributed by atoms with Gasteiger partial charge in [0, 0.05) is 68.9 Å². The quantitative estimate of drug-likeness (QED) is 0.0578. The van der Waals surface area contributed by atoms with Crippen molar-refractivity contribution in [1.82, 2.24) is 5.32 Å². The number of fused-ring (bicyclic) bond motifs is 2. The average Bonchev–Trinajstić information content (AvgIpc) is 3.30. The average molecular weight is 1060 g/mol. The van der Waals surface area contributed by atoms with Gasteiger partial charge in [0.1, 0.15) is 24.7 Å². The van der Waals surface area contributed by atoms with Crippen LogP contribution in [0.3, 0.4) is 0 Å². The predicted octanol–water partition coefficient (Wildman–Crippen LogP) is 3.12. The fourth-order valence-corrected chi connectivity index (χ4v) is 9.24. The van der Waals surface area contributed by atoms with Crippen LogP contribution in [0, 0.1) is 29.6 Å². The molecule has 74 heavy (non-hydrogen) atoms. The minimum atomic E-state index is -2.53. The number of carbonyl (C=O) groups is 4. The van der Waals surface area contributed by atoms with E-state index in [0.29, 0.717) is 12.1 Å². The van der Waals surface area contributed by atoms with E-state index in [4.69, 9.17) is 19.9 Å². The molecule has 0 aliphatic carbocycles. The van der Waals surface area contributed by atoms with E-state index in [1.807, 2.05) is 26.0 Å². The molecule has 2 amide bonds. The van der Waals surface area contributed by atoms with Crippen LogP contribution in [0.1, 0.15) is 138 Å². The summed E-state index contributed by atoms with van der Waals surface area (Å²) >= 11 is 0. The number of aliphatic hydroxyl groups excluding tert-OH is 9. The summed E-state index contributed by atoms with van der Waals surface area (Å²) in [6.07, 6.45) is 1.45. The maximum atomic E-state index is 13.2. The number of nitrogens with two attached hydrogens (primary N) is 1. The number of hydrogen-bond acceptors (Lipinski definition) is 17. The molecule has 424 valence electrons. The number of aliphatic hydroxyl groups is 10. The zero-order valence-electron chi connectivity index (χ0n) is 44.2. The van der Waals surface area contributed by atoms with Gasteiger partial charge in [-0.15, -0.1) is 0 Å². The number of primary amides is 1. The molecule has 0 aromatic carbocycles. The molecule has 0 unspecified atom stereocenters. The number of urea groups is 1. The lowest BCUT2D eigenvalue weighted by Crippen LogP contribution is -2.60. The van der Waals surface area contributed by atoms with E-state index in [1.165, 1.54) is 12.2 Å². The lowest BCUT2D eigenvalue weighted by molar-refractivity contribution is -0.333. The van der Waals surface area contributed by atoms with Crippen LogP contribution >= 0.6 is 0 Å². The number of carboxylic acids is 1. The molecule has 2 aliphatic rings. The van der Waals surface area contributed by atoms with Gasteiger partial charge in [-0.1, -0.05) is 83.2 Å².